The number of esters is 1. The zero-order chi connectivity index (χ0) is 14.5. The predicted octanol–water partition coefficient (Wildman–Crippen LogP) is 2.02. The van der Waals surface area contributed by atoms with Crippen molar-refractivity contribution in [1.29, 1.82) is 0 Å². The molecule has 19 heavy (non-hydrogen) atoms. The highest BCUT2D eigenvalue weighted by Crippen LogP contribution is 2.25. The van der Waals surface area contributed by atoms with E-state index in [0.717, 1.165) is 19.3 Å². The quantitative estimate of drug-likeness (QED) is 0.599. The lowest BCUT2D eigenvalue weighted by molar-refractivity contribution is -0.151. The Bertz CT molecular complexity index is 401. The van der Waals surface area contributed by atoms with Gasteiger partial charge in [-0.25, -0.2) is 8.78 Å². The van der Waals surface area contributed by atoms with E-state index in [1.807, 2.05) is 0 Å². The van der Waals surface area contributed by atoms with E-state index in [1.165, 1.54) is 0 Å². The second-order valence-electron chi connectivity index (χ2n) is 4.83. The maximum absolute atomic E-state index is 13.1. The van der Waals surface area contributed by atoms with E-state index in [2.05, 4.69) is 0 Å². The third-order valence-electron chi connectivity index (χ3n) is 3.04. The van der Waals surface area contributed by atoms with Gasteiger partial charge in [-0.15, -0.1) is 0 Å². The molecule has 8 heteroatoms. The third-order valence-corrected chi connectivity index (χ3v) is 3.83. The number of alkyl halides is 2. The predicted molar refractivity (Wildman–Crippen MR) is 63.5 cm³/mol. The number of carbonyl (C=O) groups excluding carboxylic acids is 1. The van der Waals surface area contributed by atoms with Crippen molar-refractivity contribution in [3.63, 3.8) is 0 Å². The van der Waals surface area contributed by atoms with Crippen LogP contribution in [0, 0.1) is 5.92 Å². The topological polar surface area (TPSA) is 80.7 Å². The molecule has 1 N–H and O–H groups in total. The first-order valence-corrected chi connectivity index (χ1v) is 7.80. The lowest BCUT2D eigenvalue weighted by atomic mass is 9.89. The number of ether oxygens (including phenoxy) is 1. The SMILES string of the molecule is O=C(OCCC(F)(F)CS(=O)(=O)O)C1CCCCC1. The van der Waals surface area contributed by atoms with Crippen LogP contribution in [0.4, 0.5) is 8.78 Å². The van der Waals surface area contributed by atoms with Gasteiger partial charge >= 0.3 is 5.97 Å². The third kappa shape index (κ3) is 6.81. The van der Waals surface area contributed by atoms with Crippen LogP contribution in [0.3, 0.4) is 0 Å². The molecule has 112 valence electrons. The summed E-state index contributed by atoms with van der Waals surface area (Å²) in [5.74, 6) is -5.98. The minimum atomic E-state index is -4.74. The Labute approximate surface area is 111 Å². The van der Waals surface area contributed by atoms with E-state index in [1.54, 1.807) is 0 Å². The molecular formula is C11H18F2O5S. The Kier molecular flexibility index (Phi) is 5.66. The van der Waals surface area contributed by atoms with Gasteiger partial charge in [-0.05, 0) is 12.8 Å². The van der Waals surface area contributed by atoms with Crippen LogP contribution in [0.5, 0.6) is 0 Å². The number of hydrogen-bond donors (Lipinski definition) is 1. The van der Waals surface area contributed by atoms with E-state index in [9.17, 15) is 22.0 Å². The molecule has 1 aliphatic rings. The average molecular weight is 300 g/mol. The second-order valence-corrected chi connectivity index (χ2v) is 6.29. The number of halogens is 2. The molecule has 0 amide bonds. The van der Waals surface area contributed by atoms with Gasteiger partial charge in [-0.3, -0.25) is 9.35 Å². The van der Waals surface area contributed by atoms with Crippen molar-refractivity contribution in [2.75, 3.05) is 12.4 Å². The van der Waals surface area contributed by atoms with E-state index in [-0.39, 0.29) is 5.92 Å². The Morgan fingerprint density at radius 2 is 1.84 bits per heavy atom. The van der Waals surface area contributed by atoms with Gasteiger partial charge in [0.1, 0.15) is 5.75 Å². The van der Waals surface area contributed by atoms with Crippen molar-refractivity contribution in [1.82, 2.24) is 0 Å². The van der Waals surface area contributed by atoms with Crippen molar-refractivity contribution in [2.45, 2.75) is 44.4 Å². The van der Waals surface area contributed by atoms with Crippen LogP contribution in [-0.4, -0.2) is 37.2 Å². The van der Waals surface area contributed by atoms with Gasteiger partial charge in [-0.2, -0.15) is 8.42 Å². The average Bonchev–Trinajstić information content (AvgIpc) is 2.26. The summed E-state index contributed by atoms with van der Waals surface area (Å²) in [7, 11) is -4.74. The van der Waals surface area contributed by atoms with Gasteiger partial charge in [0.15, 0.2) is 0 Å². The molecule has 0 aromatic carbocycles. The fourth-order valence-electron chi connectivity index (χ4n) is 2.10. The molecule has 1 rings (SSSR count). The number of carbonyl (C=O) groups is 1. The van der Waals surface area contributed by atoms with Crippen LogP contribution in [0.25, 0.3) is 0 Å². The van der Waals surface area contributed by atoms with Crippen LogP contribution in [0.2, 0.25) is 0 Å². The monoisotopic (exact) mass is 300 g/mol. The van der Waals surface area contributed by atoms with Gasteiger partial charge in [0.25, 0.3) is 16.0 Å². The molecule has 1 saturated carbocycles. The fourth-order valence-corrected chi connectivity index (χ4v) is 2.77. The Morgan fingerprint density at radius 3 is 2.37 bits per heavy atom. The first kappa shape index (κ1) is 16.3. The highest BCUT2D eigenvalue weighted by Gasteiger charge is 2.35. The normalized spacial score (nSPS) is 18.3. The number of rotatable bonds is 6. The largest absolute Gasteiger partial charge is 0.465 e. The van der Waals surface area contributed by atoms with Crippen molar-refractivity contribution in [3.8, 4) is 0 Å². The van der Waals surface area contributed by atoms with Crippen LogP contribution in [-0.2, 0) is 19.6 Å². The minimum absolute atomic E-state index is 0.232. The molecule has 0 heterocycles. The summed E-state index contributed by atoms with van der Waals surface area (Å²) < 4.78 is 60.0. The van der Waals surface area contributed by atoms with Crippen LogP contribution < -0.4 is 0 Å². The zero-order valence-corrected chi connectivity index (χ0v) is 11.3. The molecule has 0 unspecified atom stereocenters. The first-order valence-electron chi connectivity index (χ1n) is 6.19. The highest BCUT2D eigenvalue weighted by molar-refractivity contribution is 7.85. The van der Waals surface area contributed by atoms with Crippen molar-refractivity contribution < 1.29 is 31.3 Å². The number of hydrogen-bond acceptors (Lipinski definition) is 4. The lowest BCUT2D eigenvalue weighted by Gasteiger charge is -2.20. The standard InChI is InChI=1S/C11H18F2O5S/c12-11(13,8-19(15,16)17)6-7-18-10(14)9-4-2-1-3-5-9/h9H,1-8H2,(H,15,16,17). The molecule has 5 nitrogen and oxygen atoms in total. The molecule has 0 spiro atoms. The Balaban J connectivity index is 2.30. The summed E-state index contributed by atoms with van der Waals surface area (Å²) in [5.41, 5.74) is 0. The van der Waals surface area contributed by atoms with E-state index in [4.69, 9.17) is 9.29 Å². The van der Waals surface area contributed by atoms with Crippen LogP contribution in [0.1, 0.15) is 38.5 Å². The van der Waals surface area contributed by atoms with Crippen molar-refractivity contribution in [3.05, 3.63) is 0 Å². The van der Waals surface area contributed by atoms with Gasteiger partial charge in [0, 0.05) is 6.42 Å². The summed E-state index contributed by atoms with van der Waals surface area (Å²) >= 11 is 0. The lowest BCUT2D eigenvalue weighted by Crippen LogP contribution is -2.30. The Morgan fingerprint density at radius 1 is 1.26 bits per heavy atom. The maximum atomic E-state index is 13.1. The van der Waals surface area contributed by atoms with Crippen LogP contribution >= 0.6 is 0 Å². The summed E-state index contributed by atoms with van der Waals surface area (Å²) in [6.07, 6.45) is 3.43. The zero-order valence-electron chi connectivity index (χ0n) is 10.5. The van der Waals surface area contributed by atoms with Gasteiger partial charge in [0.05, 0.1) is 12.5 Å². The molecule has 0 bridgehead atoms. The van der Waals surface area contributed by atoms with Gasteiger partial charge in [0.2, 0.25) is 0 Å². The smallest absolute Gasteiger partial charge is 0.308 e. The minimum Gasteiger partial charge on any atom is -0.465 e. The van der Waals surface area contributed by atoms with E-state index in [0.29, 0.717) is 12.8 Å². The highest BCUT2D eigenvalue weighted by atomic mass is 32.2. The second kappa shape index (κ2) is 6.60. The summed E-state index contributed by atoms with van der Waals surface area (Å²) in [6, 6.07) is 0. The molecule has 0 saturated heterocycles. The molecule has 0 radical (unpaired) electrons. The fraction of sp³-hybridized carbons (Fsp3) is 0.909. The van der Waals surface area contributed by atoms with Crippen molar-refractivity contribution >= 4 is 16.1 Å². The van der Waals surface area contributed by atoms with E-state index < -0.39 is 40.8 Å². The first-order chi connectivity index (χ1) is 8.70. The summed E-state index contributed by atoms with van der Waals surface area (Å²) in [6.45, 7) is -0.544. The summed E-state index contributed by atoms with van der Waals surface area (Å²) in [5, 5.41) is 0. The van der Waals surface area contributed by atoms with Crippen LogP contribution in [0.15, 0.2) is 0 Å². The molecule has 0 aliphatic heterocycles. The molecule has 1 fully saturated rings. The van der Waals surface area contributed by atoms with Gasteiger partial charge in [-0.1, -0.05) is 19.3 Å². The Hall–Kier alpha value is -0.760. The molecular weight excluding hydrogens is 282 g/mol. The van der Waals surface area contributed by atoms with E-state index >= 15 is 0 Å². The molecule has 0 aromatic rings. The summed E-state index contributed by atoms with van der Waals surface area (Å²) in [4.78, 5) is 11.5. The molecule has 0 aromatic heterocycles. The maximum Gasteiger partial charge on any atom is 0.308 e. The van der Waals surface area contributed by atoms with Crippen molar-refractivity contribution in [2.24, 2.45) is 5.92 Å². The molecule has 1 aliphatic carbocycles. The molecule has 0 atom stereocenters. The van der Waals surface area contributed by atoms with Gasteiger partial charge < -0.3 is 4.74 Å².